The Hall–Kier alpha value is -0.240. The first-order valence-electron chi connectivity index (χ1n) is 6.66. The Bertz CT molecular complexity index is 386. The molecule has 3 aliphatic heterocycles. The van der Waals surface area contributed by atoms with Gasteiger partial charge in [0.1, 0.15) is 24.4 Å². The Kier molecular flexibility index (Phi) is 2.49. The SMILES string of the molecule is [2H][C@]12OC(C)(C)O[C@H]1[C@@H]([C@H]1COC(C)(C)O1)OC2O. The number of ether oxygens (including phenoxy) is 5. The molecule has 3 aliphatic rings. The van der Waals surface area contributed by atoms with Crippen molar-refractivity contribution in [3.05, 3.63) is 0 Å². The summed E-state index contributed by atoms with van der Waals surface area (Å²) in [5.41, 5.74) is 0. The van der Waals surface area contributed by atoms with Gasteiger partial charge in [-0.1, -0.05) is 0 Å². The second-order valence-corrected chi connectivity index (χ2v) is 5.76. The van der Waals surface area contributed by atoms with E-state index in [1.807, 2.05) is 13.8 Å². The van der Waals surface area contributed by atoms with E-state index in [1.54, 1.807) is 13.8 Å². The highest BCUT2D eigenvalue weighted by atomic mass is 16.8. The second-order valence-electron chi connectivity index (χ2n) is 5.76. The van der Waals surface area contributed by atoms with Crippen molar-refractivity contribution in [2.75, 3.05) is 6.61 Å². The van der Waals surface area contributed by atoms with E-state index in [2.05, 4.69) is 0 Å². The topological polar surface area (TPSA) is 66.4 Å². The lowest BCUT2D eigenvalue weighted by Crippen LogP contribution is -2.40. The number of hydrogen-bond donors (Lipinski definition) is 1. The van der Waals surface area contributed by atoms with Gasteiger partial charge in [-0.25, -0.2) is 0 Å². The Morgan fingerprint density at radius 3 is 2.39 bits per heavy atom. The van der Waals surface area contributed by atoms with Crippen molar-refractivity contribution in [3.8, 4) is 0 Å². The maximum Gasteiger partial charge on any atom is 0.184 e. The van der Waals surface area contributed by atoms with Crippen LogP contribution in [0.2, 0.25) is 0 Å². The van der Waals surface area contributed by atoms with Crippen LogP contribution in [-0.2, 0) is 23.7 Å². The molecule has 3 fully saturated rings. The van der Waals surface area contributed by atoms with Gasteiger partial charge in [-0.15, -0.1) is 0 Å². The van der Waals surface area contributed by atoms with Crippen LogP contribution in [0.4, 0.5) is 0 Å². The first kappa shape index (κ1) is 11.6. The van der Waals surface area contributed by atoms with Crippen LogP contribution in [0, 0.1) is 0 Å². The molecule has 6 heteroatoms. The van der Waals surface area contributed by atoms with Crippen LogP contribution in [0.1, 0.15) is 29.1 Å². The number of fused-ring (bicyclic) bond motifs is 1. The van der Waals surface area contributed by atoms with Gasteiger partial charge in [0, 0.05) is 0 Å². The third kappa shape index (κ3) is 2.07. The van der Waals surface area contributed by atoms with E-state index in [0.717, 1.165) is 0 Å². The predicted molar refractivity (Wildman–Crippen MR) is 59.6 cm³/mol. The van der Waals surface area contributed by atoms with Gasteiger partial charge in [0.25, 0.3) is 0 Å². The fraction of sp³-hybridized carbons (Fsp3) is 1.00. The Morgan fingerprint density at radius 1 is 1.06 bits per heavy atom. The summed E-state index contributed by atoms with van der Waals surface area (Å²) in [6.45, 7) is 7.37. The standard InChI is InChI=1S/C12H20O6/c1-11(2)14-5-6(16-11)7-8-9(10(13)15-7)18-12(3,4)17-8/h6-10,13H,5H2,1-4H3/t6-,7-,8+,9+,10?/m1/s1/i9D. The van der Waals surface area contributed by atoms with Crippen molar-refractivity contribution in [1.82, 2.24) is 0 Å². The Morgan fingerprint density at radius 2 is 1.78 bits per heavy atom. The van der Waals surface area contributed by atoms with Crippen LogP contribution in [0.25, 0.3) is 0 Å². The van der Waals surface area contributed by atoms with E-state index in [9.17, 15) is 5.11 Å². The van der Waals surface area contributed by atoms with Crippen LogP contribution in [0.3, 0.4) is 0 Å². The van der Waals surface area contributed by atoms with E-state index < -0.39 is 36.2 Å². The third-order valence-electron chi connectivity index (χ3n) is 3.28. The molecule has 0 aromatic carbocycles. The quantitative estimate of drug-likeness (QED) is 0.736. The minimum absolute atomic E-state index is 0.334. The van der Waals surface area contributed by atoms with E-state index in [4.69, 9.17) is 25.1 Å². The van der Waals surface area contributed by atoms with Gasteiger partial charge >= 0.3 is 0 Å². The van der Waals surface area contributed by atoms with Crippen molar-refractivity contribution >= 4 is 0 Å². The maximum atomic E-state index is 9.94. The molecule has 0 spiro atoms. The summed E-state index contributed by atoms with van der Waals surface area (Å²) < 4.78 is 36.1. The molecule has 1 unspecified atom stereocenters. The number of hydrogen-bond acceptors (Lipinski definition) is 6. The molecular formula is C12H20O6. The van der Waals surface area contributed by atoms with E-state index >= 15 is 0 Å². The largest absolute Gasteiger partial charge is 0.366 e. The lowest BCUT2D eigenvalue weighted by Gasteiger charge is -2.26. The van der Waals surface area contributed by atoms with Crippen molar-refractivity contribution in [2.24, 2.45) is 0 Å². The van der Waals surface area contributed by atoms with Gasteiger partial charge in [0.15, 0.2) is 17.9 Å². The summed E-state index contributed by atoms with van der Waals surface area (Å²) in [7, 11) is 0. The molecule has 5 atom stereocenters. The molecular weight excluding hydrogens is 240 g/mol. The fourth-order valence-corrected chi connectivity index (χ4v) is 2.60. The first-order valence-corrected chi connectivity index (χ1v) is 6.16. The fourth-order valence-electron chi connectivity index (χ4n) is 2.60. The summed E-state index contributed by atoms with van der Waals surface area (Å²) in [5.74, 6) is -1.62. The third-order valence-corrected chi connectivity index (χ3v) is 3.28. The zero-order chi connectivity index (χ0) is 14.1. The van der Waals surface area contributed by atoms with Gasteiger partial charge < -0.3 is 28.8 Å². The minimum Gasteiger partial charge on any atom is -0.366 e. The predicted octanol–water partition coefficient (Wildman–Crippen LogP) is 0.375. The van der Waals surface area contributed by atoms with Gasteiger partial charge in [-0.3, -0.25) is 0 Å². The minimum atomic E-state index is -1.62. The average molecular weight is 261 g/mol. The molecule has 0 aromatic heterocycles. The van der Waals surface area contributed by atoms with Gasteiger partial charge in [0.2, 0.25) is 0 Å². The summed E-state index contributed by atoms with van der Waals surface area (Å²) in [4.78, 5) is 0. The summed E-state index contributed by atoms with van der Waals surface area (Å²) in [6.07, 6.45) is -4.67. The molecule has 104 valence electrons. The summed E-state index contributed by atoms with van der Waals surface area (Å²) >= 11 is 0. The molecule has 0 aromatic rings. The highest BCUT2D eigenvalue weighted by molar-refractivity contribution is 4.99. The van der Waals surface area contributed by atoms with Crippen LogP contribution >= 0.6 is 0 Å². The monoisotopic (exact) mass is 261 g/mol. The van der Waals surface area contributed by atoms with Crippen LogP contribution < -0.4 is 0 Å². The zero-order valence-corrected chi connectivity index (χ0v) is 11.0. The van der Waals surface area contributed by atoms with E-state index in [0.29, 0.717) is 6.61 Å². The van der Waals surface area contributed by atoms with Gasteiger partial charge in [-0.2, -0.15) is 0 Å². The maximum absolute atomic E-state index is 9.94. The van der Waals surface area contributed by atoms with Crippen LogP contribution in [0.15, 0.2) is 0 Å². The molecule has 0 saturated carbocycles. The molecule has 18 heavy (non-hydrogen) atoms. The second kappa shape index (κ2) is 3.88. The van der Waals surface area contributed by atoms with E-state index in [-0.39, 0.29) is 6.10 Å². The molecule has 3 saturated heterocycles. The molecule has 0 aliphatic carbocycles. The summed E-state index contributed by atoms with van der Waals surface area (Å²) in [5, 5.41) is 9.94. The molecule has 0 bridgehead atoms. The zero-order valence-electron chi connectivity index (χ0n) is 12.0. The Balaban J connectivity index is 1.82. The number of aliphatic hydroxyl groups is 1. The van der Waals surface area contributed by atoms with E-state index in [1.165, 1.54) is 0 Å². The van der Waals surface area contributed by atoms with Gasteiger partial charge in [0.05, 0.1) is 7.98 Å². The van der Waals surface area contributed by atoms with Crippen molar-refractivity contribution in [2.45, 2.75) is 70.0 Å². The highest BCUT2D eigenvalue weighted by Gasteiger charge is 2.58. The van der Waals surface area contributed by atoms with Crippen LogP contribution in [-0.4, -0.2) is 54.0 Å². The molecule has 1 N–H and O–H groups in total. The van der Waals surface area contributed by atoms with Crippen molar-refractivity contribution < 1.29 is 30.2 Å². The van der Waals surface area contributed by atoms with Crippen molar-refractivity contribution in [3.63, 3.8) is 0 Å². The van der Waals surface area contributed by atoms with Gasteiger partial charge in [-0.05, 0) is 27.7 Å². The molecule has 0 amide bonds. The molecule has 6 nitrogen and oxygen atoms in total. The van der Waals surface area contributed by atoms with Crippen LogP contribution in [0.5, 0.6) is 0 Å². The van der Waals surface area contributed by atoms with Crippen molar-refractivity contribution in [1.29, 1.82) is 0 Å². The smallest absolute Gasteiger partial charge is 0.184 e. The summed E-state index contributed by atoms with van der Waals surface area (Å²) in [6, 6.07) is 0. The molecule has 3 heterocycles. The lowest BCUT2D eigenvalue weighted by atomic mass is 10.1. The number of aliphatic hydroxyl groups excluding tert-OH is 1. The molecule has 0 radical (unpaired) electrons. The molecule has 3 rings (SSSR count). The lowest BCUT2D eigenvalue weighted by molar-refractivity contribution is -0.236. The first-order chi connectivity index (χ1) is 8.63. The average Bonchev–Trinajstić information content (AvgIpc) is 2.79. The number of rotatable bonds is 1. The normalized spacial score (nSPS) is 54.4. The Labute approximate surface area is 108 Å². The highest BCUT2D eigenvalue weighted by Crippen LogP contribution is 2.41.